The highest BCUT2D eigenvalue weighted by molar-refractivity contribution is 14.1. The van der Waals surface area contributed by atoms with Crippen LogP contribution in [0.25, 0.3) is 10.1 Å². The summed E-state index contributed by atoms with van der Waals surface area (Å²) in [5, 5.41) is 15.7. The van der Waals surface area contributed by atoms with Crippen molar-refractivity contribution in [1.29, 1.82) is 0 Å². The van der Waals surface area contributed by atoms with E-state index in [1.165, 1.54) is 35.2 Å². The number of fused-ring (bicyclic) bond motifs is 1. The molecule has 3 aromatic carbocycles. The topological polar surface area (TPSA) is 103 Å². The fourth-order valence-electron chi connectivity index (χ4n) is 3.39. The maximum atomic E-state index is 12.5. The highest BCUT2D eigenvalue weighted by atomic mass is 127. The van der Waals surface area contributed by atoms with Gasteiger partial charge in [-0.05, 0) is 64.9 Å². The average Bonchev–Trinajstić information content (AvgIpc) is 3.26. The van der Waals surface area contributed by atoms with Gasteiger partial charge in [0.2, 0.25) is 0 Å². The molecule has 0 bridgehead atoms. The molecule has 0 fully saturated rings. The van der Waals surface area contributed by atoms with Crippen LogP contribution in [0.4, 0.5) is 5.69 Å². The number of methoxy groups -OCH3 is 1. The molecule has 0 aliphatic heterocycles. The first-order valence-corrected chi connectivity index (χ1v) is 12.3. The fourth-order valence-corrected chi connectivity index (χ4v) is 5.10. The number of hydrazone groups is 1. The number of amides is 1. The number of hydrogen-bond acceptors (Lipinski definition) is 7. The second kappa shape index (κ2) is 10.8. The van der Waals surface area contributed by atoms with Crippen LogP contribution in [-0.4, -0.2) is 24.2 Å². The molecule has 0 spiro atoms. The number of nitrogens with zero attached hydrogens (tertiary/aromatic N) is 2. The number of aryl methyl sites for hydroxylation is 1. The molecule has 0 aliphatic carbocycles. The first-order valence-electron chi connectivity index (χ1n) is 10.4. The van der Waals surface area contributed by atoms with Crippen molar-refractivity contribution in [3.8, 4) is 11.5 Å². The van der Waals surface area contributed by atoms with E-state index in [-0.39, 0.29) is 5.69 Å². The van der Waals surface area contributed by atoms with Crippen molar-refractivity contribution in [3.05, 3.63) is 95.9 Å². The summed E-state index contributed by atoms with van der Waals surface area (Å²) in [4.78, 5) is 23.4. The molecule has 0 saturated heterocycles. The molecule has 1 amide bonds. The van der Waals surface area contributed by atoms with Gasteiger partial charge in [-0.3, -0.25) is 14.9 Å². The molecule has 0 saturated carbocycles. The number of ether oxygens (including phenoxy) is 2. The summed E-state index contributed by atoms with van der Waals surface area (Å²) in [6, 6.07) is 17.9. The third-order valence-electron chi connectivity index (χ3n) is 5.03. The van der Waals surface area contributed by atoms with Crippen molar-refractivity contribution in [2.24, 2.45) is 5.10 Å². The smallest absolute Gasteiger partial charge is 0.281 e. The molecule has 1 N–H and O–H groups in total. The van der Waals surface area contributed by atoms with Gasteiger partial charge in [0.05, 0.1) is 26.7 Å². The van der Waals surface area contributed by atoms with Gasteiger partial charge in [-0.1, -0.05) is 29.8 Å². The Morgan fingerprint density at radius 1 is 1.20 bits per heavy atom. The Balaban J connectivity index is 1.44. The van der Waals surface area contributed by atoms with Crippen LogP contribution < -0.4 is 14.9 Å². The van der Waals surface area contributed by atoms with Crippen LogP contribution in [0.3, 0.4) is 0 Å². The molecule has 4 rings (SSSR count). The Morgan fingerprint density at radius 2 is 2.03 bits per heavy atom. The van der Waals surface area contributed by atoms with E-state index in [1.807, 2.05) is 31.2 Å². The fraction of sp³-hybridized carbons (Fsp3) is 0.120. The maximum Gasteiger partial charge on any atom is 0.281 e. The number of hydrogen-bond donors (Lipinski definition) is 1. The SMILES string of the molecule is COc1cc(/C=N\NC(=O)c2cc3cc([N+](=O)[O-])ccc3s2)cc(I)c1OCc1cccc(C)c1. The zero-order valence-corrected chi connectivity index (χ0v) is 21.8. The summed E-state index contributed by atoms with van der Waals surface area (Å²) >= 11 is 3.41. The molecule has 35 heavy (non-hydrogen) atoms. The Morgan fingerprint density at radius 3 is 2.77 bits per heavy atom. The summed E-state index contributed by atoms with van der Waals surface area (Å²) in [5.74, 6) is 0.795. The minimum atomic E-state index is -0.463. The highest BCUT2D eigenvalue weighted by Crippen LogP contribution is 2.34. The minimum Gasteiger partial charge on any atom is -0.493 e. The number of benzene rings is 3. The van der Waals surface area contributed by atoms with Crippen molar-refractivity contribution < 1.29 is 19.2 Å². The normalized spacial score (nSPS) is 11.1. The van der Waals surface area contributed by atoms with E-state index in [9.17, 15) is 14.9 Å². The lowest BCUT2D eigenvalue weighted by molar-refractivity contribution is -0.384. The molecule has 0 aliphatic rings. The Bertz CT molecular complexity index is 1450. The van der Waals surface area contributed by atoms with E-state index in [0.29, 0.717) is 28.4 Å². The Kier molecular flexibility index (Phi) is 7.61. The Labute approximate surface area is 218 Å². The van der Waals surface area contributed by atoms with Gasteiger partial charge in [0.15, 0.2) is 11.5 Å². The lowest BCUT2D eigenvalue weighted by atomic mass is 10.1. The van der Waals surface area contributed by atoms with E-state index in [0.717, 1.165) is 19.4 Å². The van der Waals surface area contributed by atoms with Crippen molar-refractivity contribution in [2.75, 3.05) is 7.11 Å². The number of nitro groups is 1. The van der Waals surface area contributed by atoms with Crippen LogP contribution in [-0.2, 0) is 6.61 Å². The molecule has 178 valence electrons. The number of nitro benzene ring substituents is 1. The zero-order valence-electron chi connectivity index (χ0n) is 18.8. The summed E-state index contributed by atoms with van der Waals surface area (Å²) < 4.78 is 13.2. The largest absolute Gasteiger partial charge is 0.493 e. The summed E-state index contributed by atoms with van der Waals surface area (Å²) in [6.45, 7) is 2.45. The first-order chi connectivity index (χ1) is 16.8. The number of carbonyl (C=O) groups excluding carboxylic acids is 1. The van der Waals surface area contributed by atoms with E-state index >= 15 is 0 Å². The predicted molar refractivity (Wildman–Crippen MR) is 145 cm³/mol. The molecule has 8 nitrogen and oxygen atoms in total. The second-order valence-electron chi connectivity index (χ2n) is 7.60. The highest BCUT2D eigenvalue weighted by Gasteiger charge is 2.14. The monoisotopic (exact) mass is 601 g/mol. The van der Waals surface area contributed by atoms with Crippen LogP contribution in [0.1, 0.15) is 26.4 Å². The molecule has 4 aromatic rings. The van der Waals surface area contributed by atoms with Gasteiger partial charge < -0.3 is 9.47 Å². The van der Waals surface area contributed by atoms with E-state index in [1.54, 1.807) is 25.3 Å². The second-order valence-corrected chi connectivity index (χ2v) is 9.85. The number of rotatable bonds is 8. The summed E-state index contributed by atoms with van der Waals surface area (Å²) in [5.41, 5.74) is 5.43. The number of non-ortho nitro benzene ring substituents is 1. The lowest BCUT2D eigenvalue weighted by Crippen LogP contribution is -2.16. The van der Waals surface area contributed by atoms with Crippen LogP contribution in [0.2, 0.25) is 0 Å². The van der Waals surface area contributed by atoms with Gasteiger partial charge in [-0.15, -0.1) is 11.3 Å². The molecule has 1 aromatic heterocycles. The van der Waals surface area contributed by atoms with Gasteiger partial charge >= 0.3 is 0 Å². The van der Waals surface area contributed by atoms with Gasteiger partial charge in [0.25, 0.3) is 11.6 Å². The number of nitrogens with one attached hydrogen (secondary N) is 1. The van der Waals surface area contributed by atoms with Gasteiger partial charge in [-0.2, -0.15) is 5.10 Å². The minimum absolute atomic E-state index is 0.0184. The van der Waals surface area contributed by atoms with Crippen molar-refractivity contribution in [1.82, 2.24) is 5.43 Å². The van der Waals surface area contributed by atoms with Crippen molar-refractivity contribution >= 4 is 61.8 Å². The van der Waals surface area contributed by atoms with Gasteiger partial charge in [-0.25, -0.2) is 5.43 Å². The first kappa shape index (κ1) is 24.6. The van der Waals surface area contributed by atoms with E-state index in [2.05, 4.69) is 39.2 Å². The Hall–Kier alpha value is -3.51. The van der Waals surface area contributed by atoms with E-state index in [4.69, 9.17) is 9.47 Å². The van der Waals surface area contributed by atoms with Crippen molar-refractivity contribution in [3.63, 3.8) is 0 Å². The standard InChI is InChI=1S/C25H20IN3O5S/c1-15-4-3-5-16(8-15)14-34-24-20(26)9-17(10-21(24)33-2)13-27-28-25(30)23-12-18-11-19(29(31)32)6-7-22(18)35-23/h3-13H,14H2,1-2H3,(H,28,30)/b27-13-. The van der Waals surface area contributed by atoms with E-state index < -0.39 is 10.8 Å². The molecular weight excluding hydrogens is 581 g/mol. The lowest BCUT2D eigenvalue weighted by Gasteiger charge is -2.14. The quantitative estimate of drug-likeness (QED) is 0.114. The van der Waals surface area contributed by atoms with Crippen LogP contribution in [0, 0.1) is 20.6 Å². The third kappa shape index (κ3) is 5.95. The molecule has 0 unspecified atom stereocenters. The van der Waals surface area contributed by atoms with Crippen molar-refractivity contribution in [2.45, 2.75) is 13.5 Å². The van der Waals surface area contributed by atoms with Crippen LogP contribution in [0.5, 0.6) is 11.5 Å². The van der Waals surface area contributed by atoms with Crippen LogP contribution >= 0.6 is 33.9 Å². The molecule has 1 heterocycles. The summed E-state index contributed by atoms with van der Waals surface area (Å²) in [7, 11) is 1.57. The predicted octanol–water partition coefficient (Wildman–Crippen LogP) is 6.07. The number of thiophene rings is 1. The average molecular weight is 601 g/mol. The molecule has 0 radical (unpaired) electrons. The number of halogens is 1. The summed E-state index contributed by atoms with van der Waals surface area (Å²) in [6.07, 6.45) is 1.52. The molecular formula is C25H20IN3O5S. The van der Waals surface area contributed by atoms with Crippen LogP contribution in [0.15, 0.2) is 65.8 Å². The molecule has 0 atom stereocenters. The molecule has 10 heteroatoms. The number of carbonyl (C=O) groups is 1. The zero-order chi connectivity index (χ0) is 24.9. The van der Waals surface area contributed by atoms with Gasteiger partial charge in [0, 0.05) is 22.2 Å². The third-order valence-corrected chi connectivity index (χ3v) is 6.95. The maximum absolute atomic E-state index is 12.5. The van der Waals surface area contributed by atoms with Gasteiger partial charge in [0.1, 0.15) is 6.61 Å².